The average molecular weight is 594 g/mol. The van der Waals surface area contributed by atoms with Crippen LogP contribution in [0.5, 0.6) is 0 Å². The van der Waals surface area contributed by atoms with Gasteiger partial charge in [0.15, 0.2) is 0 Å². The normalized spacial score (nSPS) is 15.3. The standard InChI is InChI=1S/C34H39N7O3/c1-37(2)25-8-10-28-23(18-25)12-13-41(33(28)43)31-7-5-6-27(29(31)22-42)24-19-30(34(44)39(4)21-24)36-32-11-9-26(20-35-32)40-16-14-38(3)15-17-40/h5-11,18-21,42H,12-17,22H2,1-4H3,(H,35,36). The Kier molecular flexibility index (Phi) is 8.11. The molecule has 1 saturated heterocycles. The molecule has 0 unspecified atom stereocenters. The van der Waals surface area contributed by atoms with E-state index in [0.717, 1.165) is 54.2 Å². The predicted octanol–water partition coefficient (Wildman–Crippen LogP) is 3.70. The summed E-state index contributed by atoms with van der Waals surface area (Å²) in [5.74, 6) is 0.487. The lowest BCUT2D eigenvalue weighted by Gasteiger charge is -2.33. The van der Waals surface area contributed by atoms with Crippen LogP contribution in [-0.4, -0.2) is 79.3 Å². The van der Waals surface area contributed by atoms with Crippen molar-refractivity contribution in [1.29, 1.82) is 0 Å². The second-order valence-electron chi connectivity index (χ2n) is 11.8. The number of aromatic nitrogens is 2. The first-order chi connectivity index (χ1) is 21.2. The number of carbonyl (C=O) groups is 1. The van der Waals surface area contributed by atoms with Crippen LogP contribution in [0.3, 0.4) is 0 Å². The molecule has 1 amide bonds. The zero-order valence-electron chi connectivity index (χ0n) is 25.7. The molecule has 2 aromatic heterocycles. The summed E-state index contributed by atoms with van der Waals surface area (Å²) < 4.78 is 1.52. The Morgan fingerprint density at radius 2 is 1.73 bits per heavy atom. The summed E-state index contributed by atoms with van der Waals surface area (Å²) >= 11 is 0. The Hall–Kier alpha value is -4.67. The first-order valence-corrected chi connectivity index (χ1v) is 15.0. The zero-order valence-corrected chi connectivity index (χ0v) is 25.7. The summed E-state index contributed by atoms with van der Waals surface area (Å²) in [5, 5.41) is 13.8. The van der Waals surface area contributed by atoms with Crippen molar-refractivity contribution in [3.63, 3.8) is 0 Å². The van der Waals surface area contributed by atoms with E-state index in [-0.39, 0.29) is 18.1 Å². The quantitative estimate of drug-likeness (QED) is 0.335. The fourth-order valence-electron chi connectivity index (χ4n) is 6.05. The van der Waals surface area contributed by atoms with Gasteiger partial charge in [0.25, 0.3) is 11.5 Å². The summed E-state index contributed by atoms with van der Waals surface area (Å²) in [6.07, 6.45) is 4.31. The highest BCUT2D eigenvalue weighted by molar-refractivity contribution is 6.09. The molecular weight excluding hydrogens is 554 g/mol. The van der Waals surface area contributed by atoms with Gasteiger partial charge in [0.05, 0.1) is 24.2 Å². The van der Waals surface area contributed by atoms with Crippen LogP contribution in [0.4, 0.5) is 28.6 Å². The van der Waals surface area contributed by atoms with E-state index < -0.39 is 0 Å². The van der Waals surface area contributed by atoms with E-state index in [9.17, 15) is 14.7 Å². The molecule has 228 valence electrons. The Morgan fingerprint density at radius 3 is 2.43 bits per heavy atom. The molecule has 2 aromatic carbocycles. The number of carbonyl (C=O) groups excluding carboxylic acids is 1. The predicted molar refractivity (Wildman–Crippen MR) is 176 cm³/mol. The number of pyridine rings is 2. The van der Waals surface area contributed by atoms with Gasteiger partial charge < -0.3 is 34.6 Å². The zero-order chi connectivity index (χ0) is 31.0. The highest BCUT2D eigenvalue weighted by Gasteiger charge is 2.28. The van der Waals surface area contributed by atoms with E-state index in [0.29, 0.717) is 41.3 Å². The number of nitrogens with one attached hydrogen (secondary N) is 1. The highest BCUT2D eigenvalue weighted by Crippen LogP contribution is 2.35. The van der Waals surface area contributed by atoms with Gasteiger partial charge in [0.1, 0.15) is 11.5 Å². The van der Waals surface area contributed by atoms with E-state index in [1.807, 2.05) is 67.7 Å². The van der Waals surface area contributed by atoms with Crippen molar-refractivity contribution < 1.29 is 9.90 Å². The Labute approximate surface area is 257 Å². The van der Waals surface area contributed by atoms with Gasteiger partial charge in [0.2, 0.25) is 0 Å². The van der Waals surface area contributed by atoms with Gasteiger partial charge in [-0.25, -0.2) is 4.98 Å². The van der Waals surface area contributed by atoms with Crippen LogP contribution in [0, 0.1) is 0 Å². The molecule has 4 aromatic rings. The Bertz CT molecular complexity index is 1740. The minimum absolute atomic E-state index is 0.0858. The number of aliphatic hydroxyl groups excluding tert-OH is 1. The molecule has 0 aliphatic carbocycles. The fraction of sp³-hybridized carbons (Fsp3) is 0.324. The number of benzene rings is 2. The summed E-state index contributed by atoms with van der Waals surface area (Å²) in [4.78, 5) is 39.8. The van der Waals surface area contributed by atoms with E-state index in [1.165, 1.54) is 4.57 Å². The lowest BCUT2D eigenvalue weighted by molar-refractivity contribution is 0.0980. The number of anilines is 5. The van der Waals surface area contributed by atoms with Gasteiger partial charge in [-0.05, 0) is 67.1 Å². The Balaban J connectivity index is 1.29. The minimum atomic E-state index is -0.261. The molecule has 2 aliphatic rings. The molecule has 0 spiro atoms. The number of aryl methyl sites for hydroxylation is 1. The molecule has 44 heavy (non-hydrogen) atoms. The van der Waals surface area contributed by atoms with Crippen LogP contribution >= 0.6 is 0 Å². The van der Waals surface area contributed by atoms with E-state index in [2.05, 4.69) is 33.2 Å². The van der Waals surface area contributed by atoms with Crippen molar-refractivity contribution in [2.75, 3.05) is 73.9 Å². The summed E-state index contributed by atoms with van der Waals surface area (Å²) in [7, 11) is 7.81. The summed E-state index contributed by atoms with van der Waals surface area (Å²) in [6.45, 7) is 4.17. The number of piperazine rings is 1. The number of fused-ring (bicyclic) bond motifs is 1. The van der Waals surface area contributed by atoms with Gasteiger partial charge in [-0.15, -0.1) is 0 Å². The fourth-order valence-corrected chi connectivity index (χ4v) is 6.05. The minimum Gasteiger partial charge on any atom is -0.392 e. The maximum absolute atomic E-state index is 13.7. The van der Waals surface area contributed by atoms with Crippen molar-refractivity contribution in [3.8, 4) is 11.1 Å². The average Bonchev–Trinajstić information content (AvgIpc) is 3.03. The van der Waals surface area contributed by atoms with Crippen LogP contribution in [-0.2, 0) is 20.1 Å². The van der Waals surface area contributed by atoms with Crippen molar-refractivity contribution in [2.45, 2.75) is 13.0 Å². The monoisotopic (exact) mass is 593 g/mol. The number of hydrogen-bond donors (Lipinski definition) is 2. The summed E-state index contributed by atoms with van der Waals surface area (Å²) in [6, 6.07) is 17.3. The Morgan fingerprint density at radius 1 is 0.932 bits per heavy atom. The number of hydrogen-bond acceptors (Lipinski definition) is 8. The van der Waals surface area contributed by atoms with Crippen LogP contribution in [0.15, 0.2) is 71.8 Å². The maximum atomic E-state index is 13.7. The van der Waals surface area contributed by atoms with Gasteiger partial charge in [0, 0.05) is 82.4 Å². The molecular formula is C34H39N7O3. The largest absolute Gasteiger partial charge is 0.392 e. The molecule has 10 heteroatoms. The van der Waals surface area contributed by atoms with Crippen LogP contribution in [0.1, 0.15) is 21.5 Å². The van der Waals surface area contributed by atoms with Gasteiger partial charge in [-0.3, -0.25) is 9.59 Å². The number of likely N-dealkylation sites (N-methyl/N-ethyl adjacent to an activating group) is 1. The number of rotatable bonds is 7. The molecule has 4 heterocycles. The van der Waals surface area contributed by atoms with Crippen molar-refractivity contribution in [1.82, 2.24) is 14.5 Å². The molecule has 0 radical (unpaired) electrons. The SMILES string of the molecule is CN1CCN(c2ccc(Nc3cc(-c4cccc(N5CCc6cc(N(C)C)ccc6C5=O)c4CO)cn(C)c3=O)nc2)CC1. The number of aliphatic hydroxyl groups is 1. The lowest BCUT2D eigenvalue weighted by atomic mass is 9.94. The first kappa shape index (κ1) is 29.4. The van der Waals surface area contributed by atoms with Gasteiger partial charge in [-0.1, -0.05) is 12.1 Å². The van der Waals surface area contributed by atoms with E-state index in [1.54, 1.807) is 24.2 Å². The number of nitrogens with zero attached hydrogens (tertiary/aromatic N) is 6. The molecule has 0 saturated carbocycles. The lowest BCUT2D eigenvalue weighted by Crippen LogP contribution is -2.44. The molecule has 2 N–H and O–H groups in total. The third-order valence-electron chi connectivity index (χ3n) is 8.66. The van der Waals surface area contributed by atoms with E-state index in [4.69, 9.17) is 0 Å². The highest BCUT2D eigenvalue weighted by atomic mass is 16.3. The van der Waals surface area contributed by atoms with E-state index >= 15 is 0 Å². The molecule has 10 nitrogen and oxygen atoms in total. The van der Waals surface area contributed by atoms with Crippen LogP contribution in [0.25, 0.3) is 11.1 Å². The summed E-state index contributed by atoms with van der Waals surface area (Å²) in [5.41, 5.74) is 6.80. The van der Waals surface area contributed by atoms with Crippen molar-refractivity contribution in [2.24, 2.45) is 7.05 Å². The third-order valence-corrected chi connectivity index (χ3v) is 8.66. The third kappa shape index (κ3) is 5.66. The van der Waals surface area contributed by atoms with Crippen molar-refractivity contribution >= 4 is 34.5 Å². The van der Waals surface area contributed by atoms with Crippen LogP contribution in [0.2, 0.25) is 0 Å². The maximum Gasteiger partial charge on any atom is 0.274 e. The molecule has 0 atom stereocenters. The van der Waals surface area contributed by atoms with Gasteiger partial charge in [-0.2, -0.15) is 0 Å². The van der Waals surface area contributed by atoms with Crippen LogP contribution < -0.4 is 25.6 Å². The van der Waals surface area contributed by atoms with Crippen molar-refractivity contribution in [3.05, 3.63) is 94.0 Å². The van der Waals surface area contributed by atoms with Gasteiger partial charge >= 0.3 is 0 Å². The topological polar surface area (TPSA) is 97.2 Å². The second kappa shape index (κ2) is 12.1. The molecule has 1 fully saturated rings. The smallest absolute Gasteiger partial charge is 0.274 e. The number of amides is 1. The first-order valence-electron chi connectivity index (χ1n) is 15.0. The molecule has 6 rings (SSSR count). The molecule has 2 aliphatic heterocycles. The molecule has 0 bridgehead atoms. The second-order valence-corrected chi connectivity index (χ2v) is 11.8.